The van der Waals surface area contributed by atoms with Crippen LogP contribution in [0.4, 0.5) is 5.82 Å². The van der Waals surface area contributed by atoms with Gasteiger partial charge in [0.15, 0.2) is 17.3 Å². The lowest BCUT2D eigenvalue weighted by atomic mass is 10.1. The fourth-order valence-corrected chi connectivity index (χ4v) is 3.58. The third-order valence-electron chi connectivity index (χ3n) is 5.01. The second-order valence-electron chi connectivity index (χ2n) is 7.01. The van der Waals surface area contributed by atoms with Gasteiger partial charge in [-0.05, 0) is 35.4 Å². The Bertz CT molecular complexity index is 1440. The number of carbonyl (C=O) groups is 1. The summed E-state index contributed by atoms with van der Waals surface area (Å²) in [6, 6.07) is 15.4. The molecule has 0 atom stereocenters. The normalized spacial score (nSPS) is 11.6. The lowest BCUT2D eigenvalue weighted by molar-refractivity contribution is -0.121. The first-order valence-corrected chi connectivity index (χ1v) is 9.54. The Morgan fingerprint density at radius 1 is 1.23 bits per heavy atom. The number of imidazole rings is 1. The largest absolute Gasteiger partial charge is 0.379 e. The summed E-state index contributed by atoms with van der Waals surface area (Å²) in [6.45, 7) is 1.93. The molecule has 154 valence electrons. The molecule has 31 heavy (non-hydrogen) atoms. The first-order valence-electron chi connectivity index (χ1n) is 9.54. The molecule has 5 rings (SSSR count). The first kappa shape index (κ1) is 18.6. The Morgan fingerprint density at radius 2 is 2.03 bits per heavy atom. The van der Waals surface area contributed by atoms with Crippen molar-refractivity contribution in [3.05, 3.63) is 59.8 Å². The minimum atomic E-state index is -0.326. The predicted octanol–water partition coefficient (Wildman–Crippen LogP) is 2.61. The Balaban J connectivity index is 1.41. The molecule has 5 aromatic rings. The van der Waals surface area contributed by atoms with Gasteiger partial charge in [0.05, 0.1) is 17.2 Å². The van der Waals surface area contributed by atoms with E-state index in [0.717, 1.165) is 27.7 Å². The highest BCUT2D eigenvalue weighted by Gasteiger charge is 2.20. The van der Waals surface area contributed by atoms with Gasteiger partial charge in [0.25, 0.3) is 5.91 Å². The summed E-state index contributed by atoms with van der Waals surface area (Å²) in [5, 5.41) is 12.6. The quantitative estimate of drug-likeness (QED) is 0.298. The van der Waals surface area contributed by atoms with Crippen LogP contribution in [0.15, 0.2) is 58.3 Å². The van der Waals surface area contributed by atoms with Crippen molar-refractivity contribution in [3.63, 3.8) is 0 Å². The number of benzene rings is 2. The Hall–Kier alpha value is -4.47. The van der Waals surface area contributed by atoms with Crippen LogP contribution in [0.3, 0.4) is 0 Å². The van der Waals surface area contributed by atoms with Crippen molar-refractivity contribution in [2.45, 2.75) is 13.5 Å². The van der Waals surface area contributed by atoms with E-state index in [2.05, 4.69) is 30.8 Å². The van der Waals surface area contributed by atoms with Gasteiger partial charge in [-0.15, -0.1) is 0 Å². The number of anilines is 1. The van der Waals surface area contributed by atoms with E-state index in [0.29, 0.717) is 11.3 Å². The van der Waals surface area contributed by atoms with E-state index in [1.165, 1.54) is 0 Å². The first-order chi connectivity index (χ1) is 15.1. The molecule has 0 saturated carbocycles. The van der Waals surface area contributed by atoms with Gasteiger partial charge in [-0.1, -0.05) is 30.3 Å². The van der Waals surface area contributed by atoms with Crippen molar-refractivity contribution in [1.82, 2.24) is 30.3 Å². The minimum absolute atomic E-state index is 0.0354. The number of hydrogen-bond donors (Lipinski definition) is 3. The molecule has 4 N–H and O–H groups in total. The number of aryl methyl sites for hydroxylation is 1. The maximum atomic E-state index is 12.7. The number of nitrogens with one attached hydrogen (secondary N) is 2. The van der Waals surface area contributed by atoms with Gasteiger partial charge in [0.2, 0.25) is 0 Å². The second-order valence-corrected chi connectivity index (χ2v) is 7.01. The number of aromatic amines is 1. The third-order valence-corrected chi connectivity index (χ3v) is 5.01. The maximum absolute atomic E-state index is 12.7. The van der Waals surface area contributed by atoms with Gasteiger partial charge in [-0.2, -0.15) is 5.10 Å². The van der Waals surface area contributed by atoms with Gasteiger partial charge in [0, 0.05) is 22.2 Å². The van der Waals surface area contributed by atoms with Crippen LogP contribution in [0.2, 0.25) is 0 Å². The summed E-state index contributed by atoms with van der Waals surface area (Å²) in [5.74, 6) is 0.171. The van der Waals surface area contributed by atoms with E-state index in [4.69, 9.17) is 10.4 Å². The average molecular weight is 414 g/mol. The van der Waals surface area contributed by atoms with Crippen LogP contribution < -0.4 is 11.2 Å². The molecule has 3 aromatic heterocycles. The minimum Gasteiger partial charge on any atom is -0.379 e. The zero-order valence-electron chi connectivity index (χ0n) is 16.5. The monoisotopic (exact) mass is 414 g/mol. The number of nitrogens with zero attached hydrogens (tertiary/aromatic N) is 5. The second kappa shape index (κ2) is 7.41. The molecule has 0 aliphatic heterocycles. The van der Waals surface area contributed by atoms with Crippen LogP contribution >= 0.6 is 0 Å². The van der Waals surface area contributed by atoms with Gasteiger partial charge in [-0.25, -0.2) is 15.0 Å². The van der Waals surface area contributed by atoms with Crippen molar-refractivity contribution in [2.75, 3.05) is 5.73 Å². The summed E-state index contributed by atoms with van der Waals surface area (Å²) >= 11 is 0. The number of fused-ring (bicyclic) bond motifs is 2. The van der Waals surface area contributed by atoms with Gasteiger partial charge in [0.1, 0.15) is 6.54 Å². The summed E-state index contributed by atoms with van der Waals surface area (Å²) in [6.07, 6.45) is 1.64. The van der Waals surface area contributed by atoms with E-state index in [1.807, 2.05) is 55.5 Å². The van der Waals surface area contributed by atoms with E-state index in [-0.39, 0.29) is 24.0 Å². The number of nitrogens with two attached hydrogens (primary N) is 1. The van der Waals surface area contributed by atoms with Crippen molar-refractivity contribution in [3.8, 4) is 11.5 Å². The number of aromatic nitrogens is 5. The molecule has 0 unspecified atom stereocenters. The smallest absolute Gasteiger partial charge is 0.260 e. The molecule has 2 aromatic carbocycles. The molecular weight excluding hydrogens is 396 g/mol. The number of hydrazone groups is 1. The maximum Gasteiger partial charge on any atom is 0.260 e. The zero-order chi connectivity index (χ0) is 21.4. The fourth-order valence-electron chi connectivity index (χ4n) is 3.58. The zero-order valence-corrected chi connectivity index (χ0v) is 16.5. The molecule has 0 aliphatic rings. The molecule has 10 nitrogen and oxygen atoms in total. The number of hydrogen-bond acceptors (Lipinski definition) is 7. The summed E-state index contributed by atoms with van der Waals surface area (Å²) in [4.78, 5) is 20.5. The predicted molar refractivity (Wildman–Crippen MR) is 116 cm³/mol. The van der Waals surface area contributed by atoms with Gasteiger partial charge in [-0.3, -0.25) is 4.79 Å². The SMILES string of the molecule is Cc1[nH]c2ccccc2c1/C=N\NC(=O)Cn1c(-c2nonc2N)nc2ccccc21. The van der Waals surface area contributed by atoms with E-state index in [9.17, 15) is 4.79 Å². The number of H-pyrrole nitrogens is 1. The molecule has 0 aliphatic carbocycles. The molecule has 0 radical (unpaired) electrons. The molecule has 1 amide bonds. The molecule has 3 heterocycles. The van der Waals surface area contributed by atoms with Crippen molar-refractivity contribution in [1.29, 1.82) is 0 Å². The van der Waals surface area contributed by atoms with Crippen molar-refractivity contribution >= 4 is 39.9 Å². The van der Waals surface area contributed by atoms with Crippen LogP contribution in [-0.2, 0) is 11.3 Å². The average Bonchev–Trinajstić information content (AvgIpc) is 3.44. The highest BCUT2D eigenvalue weighted by atomic mass is 16.6. The van der Waals surface area contributed by atoms with Crippen molar-refractivity contribution in [2.24, 2.45) is 5.10 Å². The molecule has 10 heteroatoms. The van der Waals surface area contributed by atoms with Crippen LogP contribution in [0, 0.1) is 6.92 Å². The van der Waals surface area contributed by atoms with Crippen LogP contribution in [-0.4, -0.2) is 37.0 Å². The molecule has 0 saturated heterocycles. The summed E-state index contributed by atoms with van der Waals surface area (Å²) in [5.41, 5.74) is 13.1. The molecular formula is C21H18N8O2. The molecule has 0 fully saturated rings. The lowest BCUT2D eigenvalue weighted by Crippen LogP contribution is -2.23. The van der Waals surface area contributed by atoms with E-state index < -0.39 is 0 Å². The standard InChI is InChI=1S/C21H18N8O2/c1-12-14(13-6-2-3-7-15(13)24-12)10-23-26-18(30)11-29-17-9-5-4-8-16(17)25-21(29)19-20(22)28-31-27-19/h2-10,24H,11H2,1H3,(H2,22,28)(H,26,30)/b23-10-. The van der Waals surface area contributed by atoms with Gasteiger partial charge < -0.3 is 15.3 Å². The topological polar surface area (TPSA) is 140 Å². The van der Waals surface area contributed by atoms with Gasteiger partial charge >= 0.3 is 0 Å². The van der Waals surface area contributed by atoms with E-state index >= 15 is 0 Å². The highest BCUT2D eigenvalue weighted by molar-refractivity contribution is 6.00. The highest BCUT2D eigenvalue weighted by Crippen LogP contribution is 2.26. The van der Waals surface area contributed by atoms with Crippen LogP contribution in [0.5, 0.6) is 0 Å². The number of nitrogen functional groups attached to an aromatic ring is 1. The molecule has 0 bridgehead atoms. The van der Waals surface area contributed by atoms with Crippen molar-refractivity contribution < 1.29 is 9.42 Å². The van der Waals surface area contributed by atoms with Crippen LogP contribution in [0.25, 0.3) is 33.5 Å². The van der Waals surface area contributed by atoms with E-state index in [1.54, 1.807) is 10.8 Å². The van der Waals surface area contributed by atoms with Crippen LogP contribution in [0.1, 0.15) is 11.3 Å². The number of carbonyl (C=O) groups excluding carboxylic acids is 1. The third kappa shape index (κ3) is 3.29. The number of para-hydroxylation sites is 3. The molecule has 0 spiro atoms. The summed E-state index contributed by atoms with van der Waals surface area (Å²) in [7, 11) is 0. The summed E-state index contributed by atoms with van der Waals surface area (Å²) < 4.78 is 6.40. The lowest BCUT2D eigenvalue weighted by Gasteiger charge is -2.06. The fraction of sp³-hybridized carbons (Fsp3) is 0.0952. The Labute approximate surface area is 175 Å². The number of rotatable bonds is 5. The number of amides is 1. The Kier molecular flexibility index (Phi) is 4.43. The Morgan fingerprint density at radius 3 is 2.87 bits per heavy atom.